The van der Waals surface area contributed by atoms with Gasteiger partial charge in [-0.3, -0.25) is 19.6 Å². The number of carbonyl (C=O) groups is 2. The molecule has 1 aromatic heterocycles. The van der Waals surface area contributed by atoms with Crippen LogP contribution in [0, 0.1) is 16.0 Å². The molecule has 0 aliphatic carbocycles. The molecule has 1 N–H and O–H groups in total. The lowest BCUT2D eigenvalue weighted by molar-refractivity contribution is -0.385. The molecule has 0 spiro atoms. The van der Waals surface area contributed by atoms with E-state index in [-0.39, 0.29) is 18.2 Å². The highest BCUT2D eigenvalue weighted by Gasteiger charge is 2.39. The molecule has 1 aliphatic rings. The summed E-state index contributed by atoms with van der Waals surface area (Å²) in [5.74, 6) is -1.54. The Bertz CT molecular complexity index is 555. The lowest BCUT2D eigenvalue weighted by atomic mass is 10.0. The molecule has 108 valence electrons. The van der Waals surface area contributed by atoms with Gasteiger partial charge >= 0.3 is 11.7 Å². The molecule has 0 saturated carbocycles. The summed E-state index contributed by atoms with van der Waals surface area (Å²) in [6.07, 6.45) is 2.82. The Morgan fingerprint density at radius 1 is 1.60 bits per heavy atom. The number of nitro groups is 1. The quantitative estimate of drug-likeness (QED) is 0.618. The van der Waals surface area contributed by atoms with E-state index in [4.69, 9.17) is 5.11 Å². The van der Waals surface area contributed by atoms with E-state index in [9.17, 15) is 19.7 Å². The fraction of sp³-hybridized carbons (Fsp3) is 0.545. The highest BCUT2D eigenvalue weighted by atomic mass is 16.6. The van der Waals surface area contributed by atoms with Gasteiger partial charge < -0.3 is 10.0 Å². The van der Waals surface area contributed by atoms with Crippen LogP contribution >= 0.6 is 0 Å². The molecule has 0 radical (unpaired) electrons. The van der Waals surface area contributed by atoms with Gasteiger partial charge in [-0.25, -0.2) is 4.79 Å². The Morgan fingerprint density at radius 3 is 2.85 bits per heavy atom. The first kappa shape index (κ1) is 14.0. The molecule has 9 nitrogen and oxygen atoms in total. The molecule has 2 heterocycles. The van der Waals surface area contributed by atoms with E-state index in [0.29, 0.717) is 13.0 Å². The van der Waals surface area contributed by atoms with Crippen molar-refractivity contribution >= 4 is 17.6 Å². The first-order valence-electron chi connectivity index (χ1n) is 6.09. The maximum absolute atomic E-state index is 12.1. The monoisotopic (exact) mass is 282 g/mol. The third-order valence-electron chi connectivity index (χ3n) is 3.40. The van der Waals surface area contributed by atoms with Gasteiger partial charge in [0.2, 0.25) is 5.91 Å². The normalized spacial score (nSPS) is 21.9. The molecule has 1 aromatic rings. The molecule has 0 aromatic carbocycles. The number of likely N-dealkylation sites (tertiary alicyclic amines) is 1. The predicted molar refractivity (Wildman–Crippen MR) is 65.8 cm³/mol. The maximum Gasteiger partial charge on any atom is 0.326 e. The number of aliphatic carboxylic acids is 1. The third-order valence-corrected chi connectivity index (χ3v) is 3.40. The van der Waals surface area contributed by atoms with E-state index >= 15 is 0 Å². The fourth-order valence-electron chi connectivity index (χ4n) is 2.37. The highest BCUT2D eigenvalue weighted by molar-refractivity contribution is 5.84. The lowest BCUT2D eigenvalue weighted by Crippen LogP contribution is -2.44. The van der Waals surface area contributed by atoms with E-state index in [1.807, 2.05) is 0 Å². The van der Waals surface area contributed by atoms with Gasteiger partial charge in [-0.2, -0.15) is 5.10 Å². The number of rotatable bonds is 4. The largest absolute Gasteiger partial charge is 0.480 e. The summed E-state index contributed by atoms with van der Waals surface area (Å²) < 4.78 is 1.14. The standard InChI is InChI=1S/C11H14N4O5/c1-7-2-3-14(10(7)11(17)18)9(16)6-13-5-8(4-12-13)15(19)20/h4-5,7,10H,2-3,6H2,1H3,(H,17,18). The minimum Gasteiger partial charge on any atom is -0.480 e. The van der Waals surface area contributed by atoms with Crippen LogP contribution in [-0.2, 0) is 16.1 Å². The Balaban J connectivity index is 2.07. The van der Waals surface area contributed by atoms with Crippen molar-refractivity contribution in [1.29, 1.82) is 0 Å². The maximum atomic E-state index is 12.1. The van der Waals surface area contributed by atoms with Crippen LogP contribution in [0.5, 0.6) is 0 Å². The van der Waals surface area contributed by atoms with Crippen molar-refractivity contribution in [2.75, 3.05) is 6.54 Å². The van der Waals surface area contributed by atoms with Crippen molar-refractivity contribution in [3.63, 3.8) is 0 Å². The molecule has 2 rings (SSSR count). The van der Waals surface area contributed by atoms with E-state index in [1.165, 1.54) is 4.90 Å². The number of hydrogen-bond donors (Lipinski definition) is 1. The summed E-state index contributed by atoms with van der Waals surface area (Å²) in [5, 5.41) is 23.4. The van der Waals surface area contributed by atoms with Crippen molar-refractivity contribution in [3.8, 4) is 0 Å². The zero-order chi connectivity index (χ0) is 14.9. The second-order valence-corrected chi connectivity index (χ2v) is 4.79. The van der Waals surface area contributed by atoms with Crippen molar-refractivity contribution in [3.05, 3.63) is 22.5 Å². The first-order valence-corrected chi connectivity index (χ1v) is 6.09. The van der Waals surface area contributed by atoms with Gasteiger partial charge in [-0.05, 0) is 12.3 Å². The van der Waals surface area contributed by atoms with E-state index < -0.39 is 22.8 Å². The smallest absolute Gasteiger partial charge is 0.326 e. The summed E-state index contributed by atoms with van der Waals surface area (Å²) in [4.78, 5) is 34.5. The Hall–Kier alpha value is -2.45. The van der Waals surface area contributed by atoms with Gasteiger partial charge in [0.1, 0.15) is 25.0 Å². The van der Waals surface area contributed by atoms with Crippen LogP contribution < -0.4 is 0 Å². The van der Waals surface area contributed by atoms with Gasteiger partial charge in [0.15, 0.2) is 0 Å². The van der Waals surface area contributed by atoms with E-state index in [1.54, 1.807) is 6.92 Å². The molecular weight excluding hydrogens is 268 g/mol. The number of aromatic nitrogens is 2. The molecular formula is C11H14N4O5. The molecule has 0 bridgehead atoms. The predicted octanol–water partition coefficient (Wildman–Crippen LogP) is 0.113. The molecule has 1 aliphatic heterocycles. The van der Waals surface area contributed by atoms with E-state index in [2.05, 4.69) is 5.10 Å². The Morgan fingerprint density at radius 2 is 2.30 bits per heavy atom. The highest BCUT2D eigenvalue weighted by Crippen LogP contribution is 2.24. The van der Waals surface area contributed by atoms with Crippen LogP contribution in [0.15, 0.2) is 12.4 Å². The summed E-state index contributed by atoms with van der Waals surface area (Å²) in [6, 6.07) is -0.840. The van der Waals surface area contributed by atoms with Gasteiger partial charge in [0, 0.05) is 6.54 Å². The lowest BCUT2D eigenvalue weighted by Gasteiger charge is -2.23. The van der Waals surface area contributed by atoms with Crippen LogP contribution in [-0.4, -0.2) is 49.2 Å². The van der Waals surface area contributed by atoms with Crippen molar-refractivity contribution in [1.82, 2.24) is 14.7 Å². The van der Waals surface area contributed by atoms with Crippen molar-refractivity contribution in [2.45, 2.75) is 25.9 Å². The topological polar surface area (TPSA) is 119 Å². The average Bonchev–Trinajstić information content (AvgIpc) is 2.95. The number of carboxylic acids is 1. The van der Waals surface area contributed by atoms with Crippen LogP contribution in [0.2, 0.25) is 0 Å². The molecule has 1 amide bonds. The molecule has 2 atom stereocenters. The molecule has 2 unspecified atom stereocenters. The van der Waals surface area contributed by atoms with E-state index in [0.717, 1.165) is 17.1 Å². The van der Waals surface area contributed by atoms with Crippen LogP contribution in [0.4, 0.5) is 5.69 Å². The SMILES string of the molecule is CC1CCN(C(=O)Cn2cc([N+](=O)[O-])cn2)C1C(=O)O. The average molecular weight is 282 g/mol. The minimum absolute atomic E-state index is 0.108. The number of carboxylic acid groups (broad SMARTS) is 1. The van der Waals surface area contributed by atoms with Crippen molar-refractivity contribution < 1.29 is 19.6 Å². The van der Waals surface area contributed by atoms with Gasteiger partial charge in [-0.1, -0.05) is 6.92 Å². The number of nitrogens with zero attached hydrogens (tertiary/aromatic N) is 4. The van der Waals surface area contributed by atoms with Crippen LogP contribution in [0.3, 0.4) is 0 Å². The van der Waals surface area contributed by atoms with Crippen LogP contribution in [0.1, 0.15) is 13.3 Å². The third kappa shape index (κ3) is 2.60. The van der Waals surface area contributed by atoms with Gasteiger partial charge in [0.25, 0.3) is 0 Å². The summed E-state index contributed by atoms with van der Waals surface area (Å²) >= 11 is 0. The summed E-state index contributed by atoms with van der Waals surface area (Å²) in [5.41, 5.74) is -0.206. The van der Waals surface area contributed by atoms with Gasteiger partial charge in [-0.15, -0.1) is 0 Å². The Kier molecular flexibility index (Phi) is 3.68. The number of carbonyl (C=O) groups excluding carboxylic acids is 1. The molecule has 9 heteroatoms. The Labute approximate surface area is 113 Å². The second-order valence-electron chi connectivity index (χ2n) is 4.79. The molecule has 1 fully saturated rings. The number of amides is 1. The second kappa shape index (κ2) is 5.27. The van der Waals surface area contributed by atoms with Crippen LogP contribution in [0.25, 0.3) is 0 Å². The number of hydrogen-bond acceptors (Lipinski definition) is 5. The fourth-order valence-corrected chi connectivity index (χ4v) is 2.37. The summed E-state index contributed by atoms with van der Waals surface area (Å²) in [7, 11) is 0. The zero-order valence-corrected chi connectivity index (χ0v) is 10.8. The van der Waals surface area contributed by atoms with Crippen molar-refractivity contribution in [2.24, 2.45) is 5.92 Å². The molecule has 1 saturated heterocycles. The first-order chi connectivity index (χ1) is 9.40. The van der Waals surface area contributed by atoms with Gasteiger partial charge in [0.05, 0.1) is 4.92 Å². The molecule has 20 heavy (non-hydrogen) atoms. The minimum atomic E-state index is -1.03. The summed E-state index contributed by atoms with van der Waals surface area (Å²) in [6.45, 7) is 1.95. The zero-order valence-electron chi connectivity index (χ0n) is 10.8.